The topological polar surface area (TPSA) is 98.4 Å². The van der Waals surface area contributed by atoms with Gasteiger partial charge in [-0.1, -0.05) is 18.2 Å². The Morgan fingerprint density at radius 1 is 1.00 bits per heavy atom. The van der Waals surface area contributed by atoms with Crippen LogP contribution in [0.3, 0.4) is 0 Å². The lowest BCUT2D eigenvalue weighted by Gasteiger charge is -2.34. The molecule has 0 aromatic heterocycles. The summed E-state index contributed by atoms with van der Waals surface area (Å²) < 4.78 is 21.5. The maximum atomic E-state index is 12.4. The molecule has 0 radical (unpaired) electrons. The summed E-state index contributed by atoms with van der Waals surface area (Å²) in [6, 6.07) is 13.3. The first-order chi connectivity index (χ1) is 16.1. The quantitative estimate of drug-likeness (QED) is 0.579. The minimum Gasteiger partial charge on any atom is -0.497 e. The SMILES string of the molecule is COc1ccc(CCNC(=O)C(=O)NCC(c2ccc3c(c2)OCO3)N2CCOCC2)cc1. The van der Waals surface area contributed by atoms with Crippen LogP contribution in [-0.2, 0) is 20.7 Å². The molecule has 9 nitrogen and oxygen atoms in total. The molecule has 1 unspecified atom stereocenters. The molecule has 0 bridgehead atoms. The molecule has 2 heterocycles. The number of amides is 2. The standard InChI is InChI=1S/C24H29N3O6/c1-30-19-5-2-17(3-6-19)8-9-25-23(28)24(29)26-15-20(27-10-12-31-13-11-27)18-4-7-21-22(14-18)33-16-32-21/h2-7,14,20H,8-13,15-16H2,1H3,(H,25,28)(H,26,29). The van der Waals surface area contributed by atoms with E-state index in [1.807, 2.05) is 42.5 Å². The lowest BCUT2D eigenvalue weighted by atomic mass is 10.0. The molecule has 2 N–H and O–H groups in total. The lowest BCUT2D eigenvalue weighted by molar-refractivity contribution is -0.139. The van der Waals surface area contributed by atoms with Gasteiger partial charge in [-0.15, -0.1) is 0 Å². The maximum absolute atomic E-state index is 12.4. The molecular formula is C24H29N3O6. The van der Waals surface area contributed by atoms with Gasteiger partial charge in [0.25, 0.3) is 0 Å². The number of nitrogens with one attached hydrogen (secondary N) is 2. The summed E-state index contributed by atoms with van der Waals surface area (Å²) in [5.74, 6) is 0.881. The second-order valence-corrected chi connectivity index (χ2v) is 7.84. The van der Waals surface area contributed by atoms with E-state index in [0.29, 0.717) is 44.2 Å². The van der Waals surface area contributed by atoms with Gasteiger partial charge in [-0.3, -0.25) is 14.5 Å². The zero-order chi connectivity index (χ0) is 23.0. The number of carbonyl (C=O) groups is 2. The van der Waals surface area contributed by atoms with Gasteiger partial charge in [0.15, 0.2) is 11.5 Å². The van der Waals surface area contributed by atoms with E-state index >= 15 is 0 Å². The van der Waals surface area contributed by atoms with E-state index in [2.05, 4.69) is 15.5 Å². The molecule has 2 aliphatic rings. The monoisotopic (exact) mass is 455 g/mol. The van der Waals surface area contributed by atoms with Gasteiger partial charge in [-0.05, 0) is 41.8 Å². The second-order valence-electron chi connectivity index (χ2n) is 7.84. The van der Waals surface area contributed by atoms with Crippen molar-refractivity contribution in [2.24, 2.45) is 0 Å². The van der Waals surface area contributed by atoms with E-state index in [4.69, 9.17) is 18.9 Å². The van der Waals surface area contributed by atoms with Crippen LogP contribution in [-0.4, -0.2) is 70.0 Å². The highest BCUT2D eigenvalue weighted by Gasteiger charge is 2.26. The molecule has 1 atom stereocenters. The molecule has 0 saturated carbocycles. The molecule has 2 aliphatic heterocycles. The average molecular weight is 456 g/mol. The van der Waals surface area contributed by atoms with Crippen molar-refractivity contribution < 1.29 is 28.5 Å². The van der Waals surface area contributed by atoms with Crippen LogP contribution in [0.15, 0.2) is 42.5 Å². The van der Waals surface area contributed by atoms with Crippen molar-refractivity contribution in [2.75, 3.05) is 53.3 Å². The Bertz CT molecular complexity index is 959. The lowest BCUT2D eigenvalue weighted by Crippen LogP contribution is -2.47. The molecule has 4 rings (SSSR count). The van der Waals surface area contributed by atoms with Gasteiger partial charge in [0.1, 0.15) is 5.75 Å². The van der Waals surface area contributed by atoms with Crippen LogP contribution in [0.5, 0.6) is 17.2 Å². The van der Waals surface area contributed by atoms with Crippen molar-refractivity contribution >= 4 is 11.8 Å². The zero-order valence-corrected chi connectivity index (χ0v) is 18.7. The van der Waals surface area contributed by atoms with Crippen molar-refractivity contribution in [1.82, 2.24) is 15.5 Å². The molecule has 1 saturated heterocycles. The van der Waals surface area contributed by atoms with Crippen LogP contribution >= 0.6 is 0 Å². The van der Waals surface area contributed by atoms with Crippen molar-refractivity contribution in [3.8, 4) is 17.2 Å². The fourth-order valence-corrected chi connectivity index (χ4v) is 3.93. The number of hydrogen-bond acceptors (Lipinski definition) is 7. The van der Waals surface area contributed by atoms with E-state index in [0.717, 1.165) is 30.0 Å². The molecule has 176 valence electrons. The number of benzene rings is 2. The normalized spacial score (nSPS) is 16.2. The summed E-state index contributed by atoms with van der Waals surface area (Å²) >= 11 is 0. The summed E-state index contributed by atoms with van der Waals surface area (Å²) in [6.45, 7) is 3.60. The van der Waals surface area contributed by atoms with Gasteiger partial charge in [-0.25, -0.2) is 0 Å². The molecule has 33 heavy (non-hydrogen) atoms. The Morgan fingerprint density at radius 2 is 1.73 bits per heavy atom. The fraction of sp³-hybridized carbons (Fsp3) is 0.417. The number of fused-ring (bicyclic) bond motifs is 1. The van der Waals surface area contributed by atoms with Crippen molar-refractivity contribution in [3.63, 3.8) is 0 Å². The summed E-state index contributed by atoms with van der Waals surface area (Å²) in [4.78, 5) is 27.0. The highest BCUT2D eigenvalue weighted by atomic mass is 16.7. The fourth-order valence-electron chi connectivity index (χ4n) is 3.93. The first-order valence-electron chi connectivity index (χ1n) is 11.0. The van der Waals surface area contributed by atoms with Crippen LogP contribution in [0, 0.1) is 0 Å². The Balaban J connectivity index is 1.31. The first-order valence-corrected chi connectivity index (χ1v) is 11.0. The highest BCUT2D eigenvalue weighted by Crippen LogP contribution is 2.35. The number of methoxy groups -OCH3 is 1. The van der Waals surface area contributed by atoms with Crippen LogP contribution in [0.2, 0.25) is 0 Å². The van der Waals surface area contributed by atoms with E-state index in [1.54, 1.807) is 7.11 Å². The first kappa shape index (κ1) is 22.9. The zero-order valence-electron chi connectivity index (χ0n) is 18.7. The minimum atomic E-state index is -0.649. The predicted octanol–water partition coefficient (Wildman–Crippen LogP) is 1.27. The summed E-state index contributed by atoms with van der Waals surface area (Å²) in [5.41, 5.74) is 2.04. The molecular weight excluding hydrogens is 426 g/mol. The smallest absolute Gasteiger partial charge is 0.309 e. The Labute approximate surface area is 192 Å². The van der Waals surface area contributed by atoms with Crippen LogP contribution in [0.4, 0.5) is 0 Å². The number of morpholine rings is 1. The molecule has 9 heteroatoms. The number of carbonyl (C=O) groups excluding carboxylic acids is 2. The molecule has 2 aromatic rings. The third-order valence-corrected chi connectivity index (χ3v) is 5.79. The molecule has 2 amide bonds. The van der Waals surface area contributed by atoms with Crippen LogP contribution < -0.4 is 24.8 Å². The Kier molecular flexibility index (Phi) is 7.64. The van der Waals surface area contributed by atoms with Gasteiger partial charge in [0.05, 0.1) is 26.4 Å². The van der Waals surface area contributed by atoms with Crippen molar-refractivity contribution in [2.45, 2.75) is 12.5 Å². The van der Waals surface area contributed by atoms with Gasteiger partial charge in [0, 0.05) is 26.2 Å². The van der Waals surface area contributed by atoms with Gasteiger partial charge >= 0.3 is 11.8 Å². The Hall–Kier alpha value is -3.30. The summed E-state index contributed by atoms with van der Waals surface area (Å²) in [5, 5.41) is 5.47. The molecule has 1 fully saturated rings. The van der Waals surface area contributed by atoms with E-state index in [-0.39, 0.29) is 12.8 Å². The number of hydrogen-bond donors (Lipinski definition) is 2. The molecule has 0 spiro atoms. The number of rotatable bonds is 8. The highest BCUT2D eigenvalue weighted by molar-refractivity contribution is 6.35. The van der Waals surface area contributed by atoms with Crippen LogP contribution in [0.25, 0.3) is 0 Å². The van der Waals surface area contributed by atoms with Crippen molar-refractivity contribution in [1.29, 1.82) is 0 Å². The second kappa shape index (κ2) is 11.0. The largest absolute Gasteiger partial charge is 0.497 e. The maximum Gasteiger partial charge on any atom is 0.309 e. The minimum absolute atomic E-state index is 0.112. The predicted molar refractivity (Wildman–Crippen MR) is 120 cm³/mol. The summed E-state index contributed by atoms with van der Waals surface area (Å²) in [7, 11) is 1.62. The van der Waals surface area contributed by atoms with Crippen molar-refractivity contribution in [3.05, 3.63) is 53.6 Å². The third-order valence-electron chi connectivity index (χ3n) is 5.79. The van der Waals surface area contributed by atoms with E-state index in [9.17, 15) is 9.59 Å². The summed E-state index contributed by atoms with van der Waals surface area (Å²) in [6.07, 6.45) is 0.622. The van der Waals surface area contributed by atoms with Gasteiger partial charge < -0.3 is 29.6 Å². The van der Waals surface area contributed by atoms with Crippen LogP contribution in [0.1, 0.15) is 17.2 Å². The van der Waals surface area contributed by atoms with E-state index in [1.165, 1.54) is 0 Å². The number of ether oxygens (including phenoxy) is 4. The van der Waals surface area contributed by atoms with Gasteiger partial charge in [-0.2, -0.15) is 0 Å². The number of nitrogens with zero attached hydrogens (tertiary/aromatic N) is 1. The van der Waals surface area contributed by atoms with E-state index < -0.39 is 11.8 Å². The molecule has 2 aromatic carbocycles. The van der Waals surface area contributed by atoms with Gasteiger partial charge in [0.2, 0.25) is 6.79 Å². The third kappa shape index (κ3) is 5.94. The molecule has 0 aliphatic carbocycles. The Morgan fingerprint density at radius 3 is 2.48 bits per heavy atom. The average Bonchev–Trinajstić information content (AvgIpc) is 3.33.